The summed E-state index contributed by atoms with van der Waals surface area (Å²) < 4.78 is 5.36. The van der Waals surface area contributed by atoms with Gasteiger partial charge in [0.05, 0.1) is 6.20 Å². The van der Waals surface area contributed by atoms with Gasteiger partial charge in [0.2, 0.25) is 0 Å². The maximum Gasteiger partial charge on any atom is 0.260 e. The van der Waals surface area contributed by atoms with Crippen LogP contribution in [-0.4, -0.2) is 41.3 Å². The van der Waals surface area contributed by atoms with E-state index in [1.54, 1.807) is 12.1 Å². The summed E-state index contributed by atoms with van der Waals surface area (Å²) in [6.45, 7) is 2.71. The number of carbonyl (C=O) groups is 2. The number of carbonyl (C=O) groups excluding carboxylic acids is 2. The number of ether oxygens (including phenoxy) is 1. The first-order chi connectivity index (χ1) is 8.74. The molecule has 18 heavy (non-hydrogen) atoms. The monoisotopic (exact) mass is 248 g/mol. The van der Waals surface area contributed by atoms with Crippen molar-refractivity contribution in [2.75, 3.05) is 13.2 Å². The number of pyridine rings is 1. The average Bonchev–Trinajstić information content (AvgIpc) is 3.22. The Morgan fingerprint density at radius 1 is 1.56 bits per heavy atom. The van der Waals surface area contributed by atoms with Crippen molar-refractivity contribution >= 4 is 12.2 Å². The molecule has 96 valence electrons. The van der Waals surface area contributed by atoms with Gasteiger partial charge in [0.1, 0.15) is 11.4 Å². The van der Waals surface area contributed by atoms with E-state index in [0.717, 1.165) is 19.4 Å². The molecule has 0 spiro atoms. The highest BCUT2D eigenvalue weighted by atomic mass is 16.5. The summed E-state index contributed by atoms with van der Waals surface area (Å²) in [5, 5.41) is 0. The van der Waals surface area contributed by atoms with Gasteiger partial charge in [-0.1, -0.05) is 0 Å². The third-order valence-corrected chi connectivity index (χ3v) is 2.89. The van der Waals surface area contributed by atoms with Gasteiger partial charge in [0.15, 0.2) is 12.9 Å². The van der Waals surface area contributed by atoms with Crippen LogP contribution in [0.4, 0.5) is 0 Å². The molecule has 1 fully saturated rings. The van der Waals surface area contributed by atoms with Crippen molar-refractivity contribution in [3.8, 4) is 5.75 Å². The second-order valence-electron chi connectivity index (χ2n) is 4.24. The molecule has 1 amide bonds. The lowest BCUT2D eigenvalue weighted by Gasteiger charge is -2.20. The third-order valence-electron chi connectivity index (χ3n) is 2.89. The van der Waals surface area contributed by atoms with E-state index in [2.05, 4.69) is 4.98 Å². The first-order valence-electron chi connectivity index (χ1n) is 6.08. The van der Waals surface area contributed by atoms with Crippen molar-refractivity contribution in [2.45, 2.75) is 25.8 Å². The predicted molar refractivity (Wildman–Crippen MR) is 65.5 cm³/mol. The van der Waals surface area contributed by atoms with Gasteiger partial charge in [0, 0.05) is 12.6 Å². The minimum Gasteiger partial charge on any atom is -0.482 e. The van der Waals surface area contributed by atoms with Crippen LogP contribution >= 0.6 is 0 Å². The highest BCUT2D eigenvalue weighted by Crippen LogP contribution is 2.26. The van der Waals surface area contributed by atoms with Crippen molar-refractivity contribution in [3.63, 3.8) is 0 Å². The van der Waals surface area contributed by atoms with E-state index in [9.17, 15) is 9.59 Å². The number of amides is 1. The number of hydrogen-bond acceptors (Lipinski definition) is 4. The van der Waals surface area contributed by atoms with Crippen molar-refractivity contribution in [1.82, 2.24) is 9.88 Å². The van der Waals surface area contributed by atoms with Crippen LogP contribution in [0.1, 0.15) is 30.3 Å². The molecule has 0 atom stereocenters. The molecule has 1 saturated carbocycles. The van der Waals surface area contributed by atoms with E-state index in [4.69, 9.17) is 4.74 Å². The van der Waals surface area contributed by atoms with E-state index in [-0.39, 0.29) is 12.5 Å². The molecule has 1 aliphatic carbocycles. The quantitative estimate of drug-likeness (QED) is 0.712. The standard InChI is InChI=1S/C13H16N2O3/c1-2-15(11-4-5-11)13(17)9-18-12-6-3-10(8-16)14-7-12/h3,6-8,11H,2,4-5,9H2,1H3. The molecule has 0 aliphatic heterocycles. The summed E-state index contributed by atoms with van der Waals surface area (Å²) in [5.41, 5.74) is 0.349. The molecular formula is C13H16N2O3. The van der Waals surface area contributed by atoms with Gasteiger partial charge in [-0.3, -0.25) is 9.59 Å². The zero-order valence-electron chi connectivity index (χ0n) is 10.3. The van der Waals surface area contributed by atoms with Crippen molar-refractivity contribution < 1.29 is 14.3 Å². The number of nitrogens with zero attached hydrogens (tertiary/aromatic N) is 2. The van der Waals surface area contributed by atoms with Crippen molar-refractivity contribution in [3.05, 3.63) is 24.0 Å². The average molecular weight is 248 g/mol. The van der Waals surface area contributed by atoms with Crippen molar-refractivity contribution in [1.29, 1.82) is 0 Å². The van der Waals surface area contributed by atoms with Gasteiger partial charge < -0.3 is 9.64 Å². The van der Waals surface area contributed by atoms with Crippen LogP contribution in [0.3, 0.4) is 0 Å². The molecule has 2 rings (SSSR count). The van der Waals surface area contributed by atoms with Gasteiger partial charge in [-0.15, -0.1) is 0 Å². The summed E-state index contributed by atoms with van der Waals surface area (Å²) >= 11 is 0. The molecule has 5 heteroatoms. The smallest absolute Gasteiger partial charge is 0.260 e. The number of aromatic nitrogens is 1. The highest BCUT2D eigenvalue weighted by Gasteiger charge is 2.31. The number of aldehydes is 1. The normalized spacial score (nSPS) is 14.1. The maximum absolute atomic E-state index is 11.9. The van der Waals surface area contributed by atoms with Crippen LogP contribution in [-0.2, 0) is 4.79 Å². The number of likely N-dealkylation sites (N-methyl/N-ethyl adjacent to an activating group) is 1. The Bertz CT molecular complexity index is 426. The predicted octanol–water partition coefficient (Wildman–Crippen LogP) is 1.28. The minimum atomic E-state index is -0.000496. The van der Waals surface area contributed by atoms with E-state index in [0.29, 0.717) is 23.8 Å². The lowest BCUT2D eigenvalue weighted by molar-refractivity contribution is -0.133. The largest absolute Gasteiger partial charge is 0.482 e. The van der Waals surface area contributed by atoms with Crippen LogP contribution in [0.2, 0.25) is 0 Å². The fraction of sp³-hybridized carbons (Fsp3) is 0.462. The van der Waals surface area contributed by atoms with E-state index >= 15 is 0 Å². The third kappa shape index (κ3) is 3.06. The molecule has 5 nitrogen and oxygen atoms in total. The van der Waals surface area contributed by atoms with Crippen LogP contribution in [0.15, 0.2) is 18.3 Å². The zero-order valence-corrected chi connectivity index (χ0v) is 10.3. The van der Waals surface area contributed by atoms with Crippen LogP contribution < -0.4 is 4.74 Å². The van der Waals surface area contributed by atoms with E-state index < -0.39 is 0 Å². The van der Waals surface area contributed by atoms with Gasteiger partial charge in [0.25, 0.3) is 5.91 Å². The summed E-state index contributed by atoms with van der Waals surface area (Å²) in [6.07, 6.45) is 4.30. The molecule has 0 N–H and O–H groups in total. The fourth-order valence-electron chi connectivity index (χ4n) is 1.80. The summed E-state index contributed by atoms with van der Waals surface area (Å²) in [5.74, 6) is 0.500. The maximum atomic E-state index is 11.9. The molecule has 1 aliphatic rings. The number of rotatable bonds is 6. The lowest BCUT2D eigenvalue weighted by Crippen LogP contribution is -2.36. The SMILES string of the molecule is CCN(C(=O)COc1ccc(C=O)nc1)C1CC1. The molecule has 0 radical (unpaired) electrons. The molecule has 0 bridgehead atoms. The Hall–Kier alpha value is -1.91. The molecule has 0 aromatic carbocycles. The molecule has 0 unspecified atom stereocenters. The van der Waals surface area contributed by atoms with Gasteiger partial charge >= 0.3 is 0 Å². The number of hydrogen-bond donors (Lipinski definition) is 0. The second-order valence-corrected chi connectivity index (χ2v) is 4.24. The minimum absolute atomic E-state index is 0.000496. The molecule has 1 heterocycles. The Kier molecular flexibility index (Phi) is 3.92. The van der Waals surface area contributed by atoms with Crippen LogP contribution in [0.5, 0.6) is 5.75 Å². The summed E-state index contributed by atoms with van der Waals surface area (Å²) in [6, 6.07) is 3.60. The first-order valence-corrected chi connectivity index (χ1v) is 6.08. The zero-order chi connectivity index (χ0) is 13.0. The Morgan fingerprint density at radius 2 is 2.33 bits per heavy atom. The highest BCUT2D eigenvalue weighted by molar-refractivity contribution is 5.78. The topological polar surface area (TPSA) is 59.5 Å². The Labute approximate surface area is 106 Å². The first kappa shape index (κ1) is 12.5. The van der Waals surface area contributed by atoms with E-state index in [1.165, 1.54) is 6.20 Å². The molecule has 0 saturated heterocycles. The van der Waals surface area contributed by atoms with Crippen molar-refractivity contribution in [2.24, 2.45) is 0 Å². The van der Waals surface area contributed by atoms with Gasteiger partial charge in [-0.25, -0.2) is 4.98 Å². The Balaban J connectivity index is 1.85. The Morgan fingerprint density at radius 3 is 2.83 bits per heavy atom. The van der Waals surface area contributed by atoms with Gasteiger partial charge in [-0.2, -0.15) is 0 Å². The summed E-state index contributed by atoms with van der Waals surface area (Å²) in [4.78, 5) is 28.0. The van der Waals surface area contributed by atoms with Gasteiger partial charge in [-0.05, 0) is 31.9 Å². The molecule has 1 aromatic heterocycles. The summed E-state index contributed by atoms with van der Waals surface area (Å²) in [7, 11) is 0. The van der Waals surface area contributed by atoms with Crippen LogP contribution in [0, 0.1) is 0 Å². The molecule has 1 aromatic rings. The van der Waals surface area contributed by atoms with E-state index in [1.807, 2.05) is 11.8 Å². The molecular weight excluding hydrogens is 232 g/mol. The van der Waals surface area contributed by atoms with Crippen LogP contribution in [0.25, 0.3) is 0 Å². The second kappa shape index (κ2) is 5.62. The lowest BCUT2D eigenvalue weighted by atomic mass is 10.3. The fourth-order valence-corrected chi connectivity index (χ4v) is 1.80.